The molecule has 0 amide bonds. The minimum Gasteiger partial charge on any atom is -0.301 e. The highest BCUT2D eigenvalue weighted by molar-refractivity contribution is 9.11. The van der Waals surface area contributed by atoms with Gasteiger partial charge in [0.1, 0.15) is 0 Å². The van der Waals surface area contributed by atoms with Crippen LogP contribution in [-0.4, -0.2) is 9.97 Å². The number of aryl methyl sites for hydroxylation is 1. The van der Waals surface area contributed by atoms with Gasteiger partial charge in [0.05, 0.1) is 3.79 Å². The van der Waals surface area contributed by atoms with Gasteiger partial charge in [-0.05, 0) is 35.0 Å². The molecular weight excluding hydrogens is 308 g/mol. The van der Waals surface area contributed by atoms with Gasteiger partial charge in [-0.1, -0.05) is 11.8 Å². The first kappa shape index (κ1) is 11.9. The lowest BCUT2D eigenvalue weighted by molar-refractivity contribution is 0.905. The van der Waals surface area contributed by atoms with Crippen molar-refractivity contribution >= 4 is 39.0 Å². The highest BCUT2D eigenvalue weighted by Crippen LogP contribution is 2.27. The van der Waals surface area contributed by atoms with Crippen molar-refractivity contribution in [2.45, 2.75) is 17.8 Å². The molecule has 16 heavy (non-hydrogen) atoms. The molecule has 2 aromatic heterocycles. The van der Waals surface area contributed by atoms with Crippen molar-refractivity contribution in [1.82, 2.24) is 9.97 Å². The number of thioether (sulfide) groups is 1. The van der Waals surface area contributed by atoms with Crippen LogP contribution in [0.5, 0.6) is 0 Å². The second-order valence-electron chi connectivity index (χ2n) is 3.19. The molecule has 2 rings (SSSR count). The zero-order chi connectivity index (χ0) is 11.5. The summed E-state index contributed by atoms with van der Waals surface area (Å²) in [7, 11) is 0. The Kier molecular flexibility index (Phi) is 3.83. The maximum atomic E-state index is 11.2. The lowest BCUT2D eigenvalue weighted by Gasteiger charge is -1.99. The van der Waals surface area contributed by atoms with Gasteiger partial charge in [0, 0.05) is 22.4 Å². The van der Waals surface area contributed by atoms with Crippen LogP contribution < -0.4 is 5.56 Å². The van der Waals surface area contributed by atoms with E-state index in [4.69, 9.17) is 0 Å². The summed E-state index contributed by atoms with van der Waals surface area (Å²) in [6.07, 6.45) is 0. The molecular formula is C10H9BrN2OS2. The van der Waals surface area contributed by atoms with Crippen LogP contribution >= 0.6 is 39.0 Å². The summed E-state index contributed by atoms with van der Waals surface area (Å²) in [5.41, 5.74) is 0.654. The van der Waals surface area contributed by atoms with E-state index in [1.165, 1.54) is 22.7 Å². The number of aromatic nitrogens is 2. The number of thiophene rings is 1. The molecule has 0 aliphatic rings. The summed E-state index contributed by atoms with van der Waals surface area (Å²) < 4.78 is 1.12. The van der Waals surface area contributed by atoms with Crippen LogP contribution in [0.2, 0.25) is 0 Å². The zero-order valence-corrected chi connectivity index (χ0v) is 11.7. The van der Waals surface area contributed by atoms with Gasteiger partial charge in [0.2, 0.25) is 0 Å². The zero-order valence-electron chi connectivity index (χ0n) is 8.49. The number of hydrogen-bond acceptors (Lipinski definition) is 4. The van der Waals surface area contributed by atoms with Gasteiger partial charge in [-0.15, -0.1) is 11.3 Å². The molecule has 2 aromatic rings. The first-order valence-electron chi connectivity index (χ1n) is 4.58. The second-order valence-corrected chi connectivity index (χ2v) is 6.70. The fraction of sp³-hybridized carbons (Fsp3) is 0.200. The van der Waals surface area contributed by atoms with E-state index in [1.807, 2.05) is 13.0 Å². The lowest BCUT2D eigenvalue weighted by atomic mass is 10.5. The lowest BCUT2D eigenvalue weighted by Crippen LogP contribution is -2.07. The number of halogens is 1. The number of H-pyrrole nitrogens is 1. The van der Waals surface area contributed by atoms with Crippen molar-refractivity contribution in [3.63, 3.8) is 0 Å². The van der Waals surface area contributed by atoms with Crippen LogP contribution in [0.4, 0.5) is 0 Å². The number of rotatable bonds is 3. The SMILES string of the molecule is Cc1cc(=O)[nH]c(SCc2ccc(Br)s2)n1. The molecule has 0 unspecified atom stereocenters. The monoisotopic (exact) mass is 316 g/mol. The molecule has 84 valence electrons. The summed E-state index contributed by atoms with van der Waals surface area (Å²) in [5.74, 6) is 0.822. The Morgan fingerprint density at radius 1 is 1.56 bits per heavy atom. The van der Waals surface area contributed by atoms with Crippen LogP contribution in [0.15, 0.2) is 31.9 Å². The first-order valence-corrected chi connectivity index (χ1v) is 7.18. The van der Waals surface area contributed by atoms with Crippen molar-refractivity contribution in [1.29, 1.82) is 0 Å². The van der Waals surface area contributed by atoms with Crippen molar-refractivity contribution in [2.75, 3.05) is 0 Å². The maximum Gasteiger partial charge on any atom is 0.251 e. The first-order chi connectivity index (χ1) is 7.63. The van der Waals surface area contributed by atoms with Gasteiger partial charge >= 0.3 is 0 Å². The Labute approximate surface area is 109 Å². The average Bonchev–Trinajstić information content (AvgIpc) is 2.60. The van der Waals surface area contributed by atoms with Gasteiger partial charge in [-0.2, -0.15) is 0 Å². The molecule has 0 saturated heterocycles. The largest absolute Gasteiger partial charge is 0.301 e. The van der Waals surface area contributed by atoms with Crippen LogP contribution in [0.1, 0.15) is 10.6 Å². The number of hydrogen-bond donors (Lipinski definition) is 1. The van der Waals surface area contributed by atoms with E-state index in [0.29, 0.717) is 5.16 Å². The van der Waals surface area contributed by atoms with Gasteiger partial charge in [0.15, 0.2) is 5.16 Å². The summed E-state index contributed by atoms with van der Waals surface area (Å²) in [5, 5.41) is 0.675. The Balaban J connectivity index is 2.07. The summed E-state index contributed by atoms with van der Waals surface area (Å²) in [4.78, 5) is 19.4. The smallest absolute Gasteiger partial charge is 0.251 e. The van der Waals surface area contributed by atoms with E-state index in [1.54, 1.807) is 11.3 Å². The molecule has 0 aliphatic carbocycles. The van der Waals surface area contributed by atoms with Crippen molar-refractivity contribution in [3.05, 3.63) is 42.9 Å². The third kappa shape index (κ3) is 3.20. The number of aromatic amines is 1. The van der Waals surface area contributed by atoms with Crippen LogP contribution in [0.3, 0.4) is 0 Å². The molecule has 0 aliphatic heterocycles. The minimum absolute atomic E-state index is 0.0950. The molecule has 0 radical (unpaired) electrons. The topological polar surface area (TPSA) is 45.8 Å². The van der Waals surface area contributed by atoms with Gasteiger partial charge in [0.25, 0.3) is 5.56 Å². The van der Waals surface area contributed by atoms with Gasteiger partial charge in [-0.25, -0.2) is 4.98 Å². The van der Waals surface area contributed by atoms with E-state index in [9.17, 15) is 4.79 Å². The predicted octanol–water partition coefficient (Wildman–Crippen LogP) is 3.19. The van der Waals surface area contributed by atoms with E-state index in [0.717, 1.165) is 15.2 Å². The van der Waals surface area contributed by atoms with Gasteiger partial charge in [-0.3, -0.25) is 4.79 Å². The highest BCUT2D eigenvalue weighted by atomic mass is 79.9. The van der Waals surface area contributed by atoms with Crippen LogP contribution in [0, 0.1) is 6.92 Å². The molecule has 0 fully saturated rings. The van der Waals surface area contributed by atoms with Crippen molar-refractivity contribution < 1.29 is 0 Å². The quantitative estimate of drug-likeness (QED) is 0.698. The van der Waals surface area contributed by atoms with Crippen molar-refractivity contribution in [2.24, 2.45) is 0 Å². The molecule has 1 N–H and O–H groups in total. The summed E-state index contributed by atoms with van der Waals surface area (Å²) in [6, 6.07) is 5.58. The Hall–Kier alpha value is -0.590. The predicted molar refractivity (Wildman–Crippen MR) is 71.2 cm³/mol. The molecule has 3 nitrogen and oxygen atoms in total. The summed E-state index contributed by atoms with van der Waals surface area (Å²) >= 11 is 6.65. The Morgan fingerprint density at radius 3 is 3.00 bits per heavy atom. The van der Waals surface area contributed by atoms with E-state index in [-0.39, 0.29) is 5.56 Å². The number of nitrogens with one attached hydrogen (secondary N) is 1. The molecule has 0 spiro atoms. The fourth-order valence-corrected chi connectivity index (χ4v) is 3.64. The number of nitrogens with zero attached hydrogens (tertiary/aromatic N) is 1. The van der Waals surface area contributed by atoms with E-state index >= 15 is 0 Å². The molecule has 0 bridgehead atoms. The highest BCUT2D eigenvalue weighted by Gasteiger charge is 2.02. The Bertz CT molecular complexity index is 550. The van der Waals surface area contributed by atoms with Crippen LogP contribution in [0.25, 0.3) is 0 Å². The molecule has 2 heterocycles. The molecule has 6 heteroatoms. The minimum atomic E-state index is -0.0950. The van der Waals surface area contributed by atoms with Gasteiger partial charge < -0.3 is 4.98 Å². The third-order valence-electron chi connectivity index (χ3n) is 1.83. The fourth-order valence-electron chi connectivity index (χ4n) is 1.19. The third-order valence-corrected chi connectivity index (χ3v) is 4.56. The second kappa shape index (κ2) is 5.16. The molecule has 0 atom stereocenters. The molecule has 0 aromatic carbocycles. The van der Waals surface area contributed by atoms with E-state index < -0.39 is 0 Å². The standard InChI is InChI=1S/C10H9BrN2OS2/c1-6-4-9(14)13-10(12-6)15-5-7-2-3-8(11)16-7/h2-4H,5H2,1H3,(H,12,13,14). The summed E-state index contributed by atoms with van der Waals surface area (Å²) in [6.45, 7) is 1.82. The average molecular weight is 317 g/mol. The van der Waals surface area contributed by atoms with Crippen LogP contribution in [-0.2, 0) is 5.75 Å². The molecule has 0 saturated carbocycles. The normalized spacial score (nSPS) is 10.6. The Morgan fingerprint density at radius 2 is 2.38 bits per heavy atom. The maximum absolute atomic E-state index is 11.2. The van der Waals surface area contributed by atoms with E-state index in [2.05, 4.69) is 32.0 Å². The van der Waals surface area contributed by atoms with Crippen molar-refractivity contribution in [3.8, 4) is 0 Å².